The maximum Gasteiger partial charge on any atom is 0.294 e. The van der Waals surface area contributed by atoms with Crippen LogP contribution in [-0.2, 0) is 14.3 Å². The molecule has 1 aromatic rings. The van der Waals surface area contributed by atoms with Gasteiger partial charge in [0.05, 0.1) is 18.1 Å². The molecule has 8 heteroatoms. The van der Waals surface area contributed by atoms with Crippen LogP contribution in [0.15, 0.2) is 29.2 Å². The number of amides is 3. The number of morpholine rings is 1. The predicted octanol–water partition coefficient (Wildman–Crippen LogP) is 2.43. The summed E-state index contributed by atoms with van der Waals surface area (Å²) in [4.78, 5) is 42.5. The predicted molar refractivity (Wildman–Crippen MR) is 110 cm³/mol. The minimum absolute atomic E-state index is 0.219. The van der Waals surface area contributed by atoms with Gasteiger partial charge >= 0.3 is 0 Å². The molecule has 2 saturated heterocycles. The molecule has 1 aromatic carbocycles. The van der Waals surface area contributed by atoms with Crippen LogP contribution in [0.25, 0.3) is 6.08 Å². The number of hydrogen-bond donors (Lipinski definition) is 0. The molecule has 0 atom stereocenters. The maximum atomic E-state index is 12.6. The third kappa shape index (κ3) is 4.56. The first-order chi connectivity index (χ1) is 13.5. The van der Waals surface area contributed by atoms with Gasteiger partial charge in [-0.15, -0.1) is 0 Å². The van der Waals surface area contributed by atoms with Crippen molar-refractivity contribution in [3.63, 3.8) is 0 Å². The molecule has 0 N–H and O–H groups in total. The molecular formula is C20H25N3O4S. The Morgan fingerprint density at radius 1 is 1.14 bits per heavy atom. The van der Waals surface area contributed by atoms with Gasteiger partial charge < -0.3 is 14.5 Å². The van der Waals surface area contributed by atoms with Crippen molar-refractivity contribution in [3.8, 4) is 0 Å². The molecule has 0 spiro atoms. The molecule has 150 valence electrons. The summed E-state index contributed by atoms with van der Waals surface area (Å²) in [5.41, 5.74) is 1.97. The topological polar surface area (TPSA) is 70.2 Å². The number of imide groups is 1. The van der Waals surface area contributed by atoms with Crippen LogP contribution in [0, 0.1) is 0 Å². The molecule has 2 heterocycles. The summed E-state index contributed by atoms with van der Waals surface area (Å²) < 4.78 is 5.23. The van der Waals surface area contributed by atoms with Gasteiger partial charge in [-0.3, -0.25) is 19.3 Å². The Labute approximate surface area is 169 Å². The highest BCUT2D eigenvalue weighted by molar-refractivity contribution is 8.18. The summed E-state index contributed by atoms with van der Waals surface area (Å²) >= 11 is 0.877. The number of anilines is 1. The molecule has 2 aliphatic rings. The molecule has 7 nitrogen and oxygen atoms in total. The second-order valence-electron chi connectivity index (χ2n) is 6.52. The summed E-state index contributed by atoms with van der Waals surface area (Å²) in [6.45, 7) is 7.78. The maximum absolute atomic E-state index is 12.6. The smallest absolute Gasteiger partial charge is 0.294 e. The molecule has 3 rings (SSSR count). The second kappa shape index (κ2) is 9.25. The van der Waals surface area contributed by atoms with Crippen molar-refractivity contribution < 1.29 is 19.1 Å². The molecule has 0 unspecified atom stereocenters. The highest BCUT2D eigenvalue weighted by Crippen LogP contribution is 2.32. The Hall–Kier alpha value is -2.32. The Morgan fingerprint density at radius 3 is 2.39 bits per heavy atom. The first-order valence-electron chi connectivity index (χ1n) is 9.49. The molecular weight excluding hydrogens is 378 g/mol. The van der Waals surface area contributed by atoms with Gasteiger partial charge in [0.15, 0.2) is 0 Å². The number of ether oxygens (including phenoxy) is 1. The monoisotopic (exact) mass is 403 g/mol. The molecule has 0 radical (unpaired) electrons. The van der Waals surface area contributed by atoms with Crippen molar-refractivity contribution in [3.05, 3.63) is 34.7 Å². The van der Waals surface area contributed by atoms with Crippen LogP contribution in [0.1, 0.15) is 19.4 Å². The third-order valence-electron chi connectivity index (χ3n) is 4.85. The lowest BCUT2D eigenvalue weighted by Crippen LogP contribution is -2.46. The van der Waals surface area contributed by atoms with Gasteiger partial charge in [0.25, 0.3) is 11.1 Å². The van der Waals surface area contributed by atoms with Crippen LogP contribution in [0.4, 0.5) is 10.5 Å². The highest BCUT2D eigenvalue weighted by atomic mass is 32.2. The molecule has 2 fully saturated rings. The first kappa shape index (κ1) is 20.4. The normalized spacial score (nSPS) is 18.9. The van der Waals surface area contributed by atoms with E-state index in [4.69, 9.17) is 4.74 Å². The summed E-state index contributed by atoms with van der Waals surface area (Å²) in [6.07, 6.45) is 1.70. The van der Waals surface area contributed by atoms with E-state index in [1.807, 2.05) is 24.3 Å². The van der Waals surface area contributed by atoms with Crippen molar-refractivity contribution in [1.82, 2.24) is 9.80 Å². The number of rotatable bonds is 6. The van der Waals surface area contributed by atoms with E-state index in [2.05, 4.69) is 18.7 Å². The SMILES string of the molecule is CCN(CC)c1ccc(/C=C2\SC(=O)N(CC(=O)N3CCOCC3)C2=O)cc1. The van der Waals surface area contributed by atoms with Crippen LogP contribution in [-0.4, -0.2) is 72.8 Å². The lowest BCUT2D eigenvalue weighted by molar-refractivity contribution is -0.139. The largest absolute Gasteiger partial charge is 0.378 e. The third-order valence-corrected chi connectivity index (χ3v) is 5.76. The number of thioether (sulfide) groups is 1. The standard InChI is InChI=1S/C20H25N3O4S/c1-3-21(4-2)16-7-5-15(6-8-16)13-17-19(25)23(20(26)28-17)14-18(24)22-9-11-27-12-10-22/h5-8,13H,3-4,9-12,14H2,1-2H3/b17-13-. The number of nitrogens with zero attached hydrogens (tertiary/aromatic N) is 3. The zero-order valence-corrected chi connectivity index (χ0v) is 17.0. The van der Waals surface area contributed by atoms with Gasteiger partial charge in [0, 0.05) is 31.9 Å². The zero-order valence-electron chi connectivity index (χ0n) is 16.2. The van der Waals surface area contributed by atoms with Crippen LogP contribution in [0.2, 0.25) is 0 Å². The summed E-state index contributed by atoms with van der Waals surface area (Å²) in [5, 5.41) is -0.405. The van der Waals surface area contributed by atoms with E-state index in [1.54, 1.807) is 11.0 Å². The molecule has 0 bridgehead atoms. The number of hydrogen-bond acceptors (Lipinski definition) is 6. The zero-order chi connectivity index (χ0) is 20.1. The number of carbonyl (C=O) groups is 3. The minimum atomic E-state index is -0.413. The first-order valence-corrected chi connectivity index (χ1v) is 10.3. The van der Waals surface area contributed by atoms with Crippen molar-refractivity contribution in [2.75, 3.05) is 50.8 Å². The van der Waals surface area contributed by atoms with Gasteiger partial charge in [-0.2, -0.15) is 0 Å². The van der Waals surface area contributed by atoms with E-state index < -0.39 is 11.1 Å². The minimum Gasteiger partial charge on any atom is -0.378 e. The van der Waals surface area contributed by atoms with Crippen LogP contribution in [0.5, 0.6) is 0 Å². The fourth-order valence-corrected chi connectivity index (χ4v) is 4.04. The lowest BCUT2D eigenvalue weighted by atomic mass is 10.1. The summed E-state index contributed by atoms with van der Waals surface area (Å²) in [5.74, 6) is -0.639. The molecule has 2 aliphatic heterocycles. The van der Waals surface area contributed by atoms with E-state index in [0.717, 1.165) is 41.0 Å². The Balaban J connectivity index is 1.67. The van der Waals surface area contributed by atoms with E-state index in [1.165, 1.54) is 0 Å². The Morgan fingerprint density at radius 2 is 1.79 bits per heavy atom. The molecule has 0 saturated carbocycles. The quantitative estimate of drug-likeness (QED) is 0.680. The van der Waals surface area contributed by atoms with E-state index >= 15 is 0 Å². The summed E-state index contributed by atoms with van der Waals surface area (Å²) in [7, 11) is 0. The molecule has 3 amide bonds. The van der Waals surface area contributed by atoms with Crippen molar-refractivity contribution in [2.45, 2.75) is 13.8 Å². The van der Waals surface area contributed by atoms with E-state index in [-0.39, 0.29) is 12.5 Å². The number of benzene rings is 1. The fourth-order valence-electron chi connectivity index (χ4n) is 3.21. The highest BCUT2D eigenvalue weighted by Gasteiger charge is 2.37. The van der Waals surface area contributed by atoms with Gasteiger partial charge in [0.1, 0.15) is 6.54 Å². The Kier molecular flexibility index (Phi) is 6.74. The number of carbonyl (C=O) groups excluding carboxylic acids is 3. The van der Waals surface area contributed by atoms with Gasteiger partial charge in [-0.25, -0.2) is 0 Å². The van der Waals surface area contributed by atoms with Crippen LogP contribution in [0.3, 0.4) is 0 Å². The second-order valence-corrected chi connectivity index (χ2v) is 7.52. The van der Waals surface area contributed by atoms with E-state index in [0.29, 0.717) is 31.2 Å². The van der Waals surface area contributed by atoms with Crippen molar-refractivity contribution in [1.29, 1.82) is 0 Å². The van der Waals surface area contributed by atoms with Crippen LogP contribution < -0.4 is 4.90 Å². The molecule has 0 aromatic heterocycles. The Bertz CT molecular complexity index is 768. The lowest BCUT2D eigenvalue weighted by Gasteiger charge is -2.28. The molecule has 0 aliphatic carbocycles. The molecule has 28 heavy (non-hydrogen) atoms. The van der Waals surface area contributed by atoms with Crippen LogP contribution >= 0.6 is 11.8 Å². The van der Waals surface area contributed by atoms with Crippen molar-refractivity contribution >= 4 is 40.6 Å². The van der Waals surface area contributed by atoms with Gasteiger partial charge in [-0.1, -0.05) is 12.1 Å². The average molecular weight is 404 g/mol. The average Bonchev–Trinajstić information content (AvgIpc) is 2.98. The fraction of sp³-hybridized carbons (Fsp3) is 0.450. The van der Waals surface area contributed by atoms with Gasteiger partial charge in [-0.05, 0) is 49.4 Å². The van der Waals surface area contributed by atoms with Crippen molar-refractivity contribution in [2.24, 2.45) is 0 Å². The summed E-state index contributed by atoms with van der Waals surface area (Å²) in [6, 6.07) is 7.87. The van der Waals surface area contributed by atoms with Gasteiger partial charge in [0.2, 0.25) is 5.91 Å². The van der Waals surface area contributed by atoms with E-state index in [9.17, 15) is 14.4 Å².